The van der Waals surface area contributed by atoms with Gasteiger partial charge in [0.05, 0.1) is 11.6 Å². The number of benzene rings is 1. The lowest BCUT2D eigenvalue weighted by molar-refractivity contribution is 0.114. The van der Waals surface area contributed by atoms with E-state index in [0.717, 1.165) is 6.54 Å². The summed E-state index contributed by atoms with van der Waals surface area (Å²) in [7, 11) is 0. The average Bonchev–Trinajstić information content (AvgIpc) is 2.45. The quantitative estimate of drug-likeness (QED) is 0.523. The first-order chi connectivity index (χ1) is 10.6. The fourth-order valence-corrected chi connectivity index (χ4v) is 2.39. The monoisotopic (exact) mass is 345 g/mol. The van der Waals surface area contributed by atoms with E-state index in [1.54, 1.807) is 18.2 Å². The highest BCUT2D eigenvalue weighted by molar-refractivity contribution is 6.42. The number of nitrogens with zero attached hydrogens (tertiary/aromatic N) is 1. The molecule has 1 aromatic rings. The van der Waals surface area contributed by atoms with Crippen LogP contribution in [0, 0.1) is 5.92 Å². The van der Waals surface area contributed by atoms with E-state index in [4.69, 9.17) is 33.7 Å². The summed E-state index contributed by atoms with van der Waals surface area (Å²) in [5.41, 5.74) is 5.75. The predicted octanol–water partition coefficient (Wildman–Crippen LogP) is 2.44. The lowest BCUT2D eigenvalue weighted by Crippen LogP contribution is -2.38. The summed E-state index contributed by atoms with van der Waals surface area (Å²) in [6, 6.07) is 5.10. The third-order valence-electron chi connectivity index (χ3n) is 3.62. The Morgan fingerprint density at radius 1 is 1.45 bits per heavy atom. The van der Waals surface area contributed by atoms with Crippen molar-refractivity contribution in [2.75, 3.05) is 19.7 Å². The van der Waals surface area contributed by atoms with Crippen molar-refractivity contribution in [1.29, 1.82) is 0 Å². The Balaban J connectivity index is 1.70. The molecule has 2 rings (SSSR count). The van der Waals surface area contributed by atoms with Gasteiger partial charge in [-0.3, -0.25) is 4.99 Å². The topological polar surface area (TPSA) is 79.9 Å². The Morgan fingerprint density at radius 3 is 2.91 bits per heavy atom. The first-order valence-electron chi connectivity index (χ1n) is 7.35. The van der Waals surface area contributed by atoms with Crippen LogP contribution in [0.3, 0.4) is 0 Å². The minimum absolute atomic E-state index is 0.0689. The van der Waals surface area contributed by atoms with Crippen molar-refractivity contribution in [2.24, 2.45) is 16.6 Å². The molecular formula is C15H21Cl2N3O2. The molecule has 0 spiro atoms. The van der Waals surface area contributed by atoms with Crippen molar-refractivity contribution in [2.45, 2.75) is 25.4 Å². The molecule has 4 N–H and O–H groups in total. The Hall–Kier alpha value is -1.17. The van der Waals surface area contributed by atoms with E-state index < -0.39 is 6.10 Å². The van der Waals surface area contributed by atoms with E-state index in [1.165, 1.54) is 19.3 Å². The highest BCUT2D eigenvalue weighted by atomic mass is 35.5. The summed E-state index contributed by atoms with van der Waals surface area (Å²) in [5, 5.41) is 13.7. The number of hydrogen-bond donors (Lipinski definition) is 3. The third kappa shape index (κ3) is 5.23. The number of nitrogens with one attached hydrogen (secondary N) is 1. The Bertz CT molecular complexity index is 522. The normalized spacial score (nSPS) is 17.0. The van der Waals surface area contributed by atoms with E-state index in [0.29, 0.717) is 27.7 Å². The molecule has 1 saturated carbocycles. The molecule has 1 aliphatic carbocycles. The first-order valence-corrected chi connectivity index (χ1v) is 8.10. The molecule has 1 aromatic carbocycles. The summed E-state index contributed by atoms with van der Waals surface area (Å²) in [4.78, 5) is 4.10. The van der Waals surface area contributed by atoms with Crippen LogP contribution in [0.1, 0.15) is 19.3 Å². The molecule has 0 aliphatic heterocycles. The Morgan fingerprint density at radius 2 is 2.23 bits per heavy atom. The van der Waals surface area contributed by atoms with Crippen LogP contribution in [-0.4, -0.2) is 36.9 Å². The van der Waals surface area contributed by atoms with Crippen LogP contribution in [-0.2, 0) is 0 Å². The van der Waals surface area contributed by atoms with Gasteiger partial charge in [-0.15, -0.1) is 0 Å². The zero-order chi connectivity index (χ0) is 15.9. The highest BCUT2D eigenvalue weighted by Gasteiger charge is 2.16. The van der Waals surface area contributed by atoms with Crippen LogP contribution >= 0.6 is 23.2 Å². The minimum atomic E-state index is -0.765. The second-order valence-electron chi connectivity index (χ2n) is 5.42. The van der Waals surface area contributed by atoms with Gasteiger partial charge in [0.25, 0.3) is 0 Å². The zero-order valence-corrected chi connectivity index (χ0v) is 13.8. The Labute approximate surface area is 140 Å². The maximum Gasteiger partial charge on any atom is 0.188 e. The maximum atomic E-state index is 9.86. The highest BCUT2D eigenvalue weighted by Crippen LogP contribution is 2.31. The number of guanidine groups is 1. The molecule has 1 fully saturated rings. The van der Waals surface area contributed by atoms with E-state index in [1.807, 2.05) is 0 Å². The van der Waals surface area contributed by atoms with E-state index in [-0.39, 0.29) is 13.2 Å². The number of nitrogens with two attached hydrogens (primary N) is 1. The maximum absolute atomic E-state index is 9.86. The van der Waals surface area contributed by atoms with E-state index in [2.05, 4.69) is 10.3 Å². The second-order valence-corrected chi connectivity index (χ2v) is 6.21. The molecule has 5 nitrogen and oxygen atoms in total. The summed E-state index contributed by atoms with van der Waals surface area (Å²) < 4.78 is 5.44. The molecule has 0 amide bonds. The number of aliphatic imine (C=N–C) groups is 1. The molecule has 0 bridgehead atoms. The van der Waals surface area contributed by atoms with Crippen molar-refractivity contribution >= 4 is 29.2 Å². The number of ether oxygens (including phenoxy) is 1. The Kier molecular flexibility index (Phi) is 6.61. The van der Waals surface area contributed by atoms with Crippen LogP contribution < -0.4 is 15.8 Å². The molecule has 7 heteroatoms. The van der Waals surface area contributed by atoms with Gasteiger partial charge < -0.3 is 20.9 Å². The van der Waals surface area contributed by atoms with Gasteiger partial charge >= 0.3 is 0 Å². The van der Waals surface area contributed by atoms with Crippen LogP contribution in [0.2, 0.25) is 10.0 Å². The summed E-state index contributed by atoms with van der Waals surface area (Å²) in [6.45, 7) is 1.08. The predicted molar refractivity (Wildman–Crippen MR) is 89.8 cm³/mol. The lowest BCUT2D eigenvalue weighted by Gasteiger charge is -2.25. The summed E-state index contributed by atoms with van der Waals surface area (Å²) in [5.74, 6) is 1.49. The summed E-state index contributed by atoms with van der Waals surface area (Å²) >= 11 is 11.9. The number of aliphatic hydroxyl groups is 1. The minimum Gasteiger partial charge on any atom is -0.489 e. The van der Waals surface area contributed by atoms with E-state index >= 15 is 0 Å². The molecule has 22 heavy (non-hydrogen) atoms. The fraction of sp³-hybridized carbons (Fsp3) is 0.533. The van der Waals surface area contributed by atoms with E-state index in [9.17, 15) is 5.11 Å². The van der Waals surface area contributed by atoms with Gasteiger partial charge in [0.1, 0.15) is 23.5 Å². The molecule has 0 radical (unpaired) electrons. The number of hydrogen-bond acceptors (Lipinski definition) is 3. The first kappa shape index (κ1) is 17.2. The number of halogens is 2. The van der Waals surface area contributed by atoms with Crippen molar-refractivity contribution in [3.05, 3.63) is 28.2 Å². The molecule has 1 aliphatic rings. The molecule has 122 valence electrons. The molecule has 0 saturated heterocycles. The molecule has 1 atom stereocenters. The van der Waals surface area contributed by atoms with Crippen molar-refractivity contribution in [1.82, 2.24) is 5.32 Å². The lowest BCUT2D eigenvalue weighted by atomic mass is 9.85. The fourth-order valence-electron chi connectivity index (χ4n) is 2.04. The SMILES string of the molecule is NC(=NCC(O)COc1cccc(Cl)c1Cl)NCC1CCC1. The molecule has 0 aromatic heterocycles. The van der Waals surface area contributed by atoms with Crippen LogP contribution in [0.4, 0.5) is 0 Å². The second kappa shape index (κ2) is 8.46. The van der Waals surface area contributed by atoms with Crippen molar-refractivity contribution in [3.63, 3.8) is 0 Å². The van der Waals surface area contributed by atoms with Crippen LogP contribution in [0.25, 0.3) is 0 Å². The number of aliphatic hydroxyl groups excluding tert-OH is 1. The standard InChI is InChI=1S/C15H21Cl2N3O2/c16-12-5-2-6-13(14(12)17)22-9-11(21)8-20-15(18)19-7-10-3-1-4-10/h2,5-6,10-11,21H,1,3-4,7-9H2,(H3,18,19,20). The van der Waals surface area contributed by atoms with Gasteiger partial charge in [-0.25, -0.2) is 0 Å². The van der Waals surface area contributed by atoms with Gasteiger partial charge in [0.2, 0.25) is 0 Å². The van der Waals surface area contributed by atoms with Gasteiger partial charge in [0, 0.05) is 6.54 Å². The third-order valence-corrected chi connectivity index (χ3v) is 4.42. The van der Waals surface area contributed by atoms with Gasteiger partial charge in [-0.2, -0.15) is 0 Å². The van der Waals surface area contributed by atoms with Gasteiger partial charge in [0.15, 0.2) is 5.96 Å². The zero-order valence-electron chi connectivity index (χ0n) is 12.3. The van der Waals surface area contributed by atoms with Crippen molar-refractivity contribution < 1.29 is 9.84 Å². The van der Waals surface area contributed by atoms with Crippen molar-refractivity contribution in [3.8, 4) is 5.75 Å². The average molecular weight is 346 g/mol. The molecular weight excluding hydrogens is 325 g/mol. The largest absolute Gasteiger partial charge is 0.489 e. The van der Waals surface area contributed by atoms with Crippen LogP contribution in [0.15, 0.2) is 23.2 Å². The van der Waals surface area contributed by atoms with Crippen LogP contribution in [0.5, 0.6) is 5.75 Å². The number of rotatable bonds is 7. The van der Waals surface area contributed by atoms with Gasteiger partial charge in [-0.1, -0.05) is 35.7 Å². The molecule has 0 heterocycles. The smallest absolute Gasteiger partial charge is 0.188 e. The molecule has 1 unspecified atom stereocenters. The van der Waals surface area contributed by atoms with Gasteiger partial charge in [-0.05, 0) is 30.9 Å². The summed E-state index contributed by atoms with van der Waals surface area (Å²) in [6.07, 6.45) is 3.03.